The number of carbonyl (C=O) groups excluding carboxylic acids is 6. The molecule has 1 aromatic heterocycles. The van der Waals surface area contributed by atoms with E-state index in [0.717, 1.165) is 12.8 Å². The number of alkyl halides is 1. The number of hydrogen-bond acceptors (Lipinski definition) is 8. The number of nitrogens with zero attached hydrogens (tertiary/aromatic N) is 3. The molecule has 4 N–H and O–H groups in total. The molecule has 252 valence electrons. The predicted molar refractivity (Wildman–Crippen MR) is 165 cm³/mol. The van der Waals surface area contributed by atoms with Crippen LogP contribution in [0.2, 0.25) is 0 Å². The minimum absolute atomic E-state index is 0.0204. The fourth-order valence-electron chi connectivity index (χ4n) is 6.38. The summed E-state index contributed by atoms with van der Waals surface area (Å²) in [5.74, 6) is -5.71. The van der Waals surface area contributed by atoms with Gasteiger partial charge < -0.3 is 26.2 Å². The van der Waals surface area contributed by atoms with Crippen LogP contribution < -0.4 is 21.3 Å². The Bertz CT molecular complexity index is 1310. The third kappa shape index (κ3) is 8.05. The van der Waals surface area contributed by atoms with Crippen molar-refractivity contribution >= 4 is 35.3 Å². The van der Waals surface area contributed by atoms with Crippen LogP contribution in [0.1, 0.15) is 83.6 Å². The molecule has 14 heteroatoms. The van der Waals surface area contributed by atoms with Gasteiger partial charge in [0.05, 0.1) is 12.2 Å². The first-order valence-corrected chi connectivity index (χ1v) is 16.3. The zero-order chi connectivity index (χ0) is 33.7. The van der Waals surface area contributed by atoms with Crippen molar-refractivity contribution in [1.82, 2.24) is 36.1 Å². The third-order valence-corrected chi connectivity index (χ3v) is 9.10. The quantitative estimate of drug-likeness (QED) is 0.218. The highest BCUT2D eigenvalue weighted by molar-refractivity contribution is 6.38. The molecule has 13 nitrogen and oxygen atoms in total. The summed E-state index contributed by atoms with van der Waals surface area (Å²) in [6.45, 7) is 8.78. The minimum Gasteiger partial charge on any atom is -0.347 e. The predicted octanol–water partition coefficient (Wildman–Crippen LogP) is 1.08. The van der Waals surface area contributed by atoms with E-state index in [9.17, 15) is 28.8 Å². The second kappa shape index (κ2) is 15.1. The highest BCUT2D eigenvalue weighted by Gasteiger charge is 2.55. The first kappa shape index (κ1) is 34.9. The van der Waals surface area contributed by atoms with Gasteiger partial charge in [-0.1, -0.05) is 41.0 Å². The van der Waals surface area contributed by atoms with Crippen molar-refractivity contribution in [2.24, 2.45) is 23.7 Å². The number of fused-ring (bicyclic) bond motifs is 1. The van der Waals surface area contributed by atoms with Crippen molar-refractivity contribution in [3.8, 4) is 0 Å². The molecule has 7 atom stereocenters. The Morgan fingerprint density at radius 2 is 1.61 bits per heavy atom. The van der Waals surface area contributed by atoms with E-state index in [0.29, 0.717) is 12.8 Å². The molecule has 5 amide bonds. The Balaban J connectivity index is 1.52. The van der Waals surface area contributed by atoms with E-state index in [1.165, 1.54) is 23.5 Å². The number of carbonyl (C=O) groups is 6. The molecule has 2 saturated carbocycles. The van der Waals surface area contributed by atoms with E-state index in [1.54, 1.807) is 27.7 Å². The van der Waals surface area contributed by atoms with Crippen molar-refractivity contribution < 1.29 is 33.2 Å². The Morgan fingerprint density at radius 3 is 2.20 bits per heavy atom. The number of likely N-dealkylation sites (tertiary alicyclic amines) is 1. The van der Waals surface area contributed by atoms with Crippen LogP contribution in [-0.4, -0.2) is 93.1 Å². The van der Waals surface area contributed by atoms with Gasteiger partial charge in [0.2, 0.25) is 23.5 Å². The molecule has 4 rings (SSSR count). The smallest absolute Gasteiger partial charge is 0.289 e. The van der Waals surface area contributed by atoms with E-state index in [4.69, 9.17) is 0 Å². The maximum atomic E-state index is 15.0. The summed E-state index contributed by atoms with van der Waals surface area (Å²) in [6, 6.07) is -4.30. The normalized spacial score (nSPS) is 24.1. The molecule has 0 aromatic carbocycles. The number of rotatable bonds is 14. The van der Waals surface area contributed by atoms with Gasteiger partial charge in [0.25, 0.3) is 11.8 Å². The number of aromatic nitrogens is 2. The van der Waals surface area contributed by atoms with Gasteiger partial charge in [-0.2, -0.15) is 0 Å². The fraction of sp³-hybridized carbons (Fsp3) is 0.688. The summed E-state index contributed by atoms with van der Waals surface area (Å²) >= 11 is 0. The number of amides is 5. The SMILES string of the molecule is CCCC(NC(=O)[C@@H]1[C@H]2CC[C@H](F)[C@H]2CN1C(=O)[C@@H](NC(=O)[C@H](NC(=O)c1cnccn1)C(C)C)C(C)C)C(=O)C(=O)NC1CC1. The van der Waals surface area contributed by atoms with E-state index in [1.807, 2.05) is 6.92 Å². The zero-order valence-corrected chi connectivity index (χ0v) is 27.1. The molecule has 3 fully saturated rings. The molecular formula is C32H46FN7O6. The number of hydrogen-bond donors (Lipinski definition) is 4. The van der Waals surface area contributed by atoms with Crippen LogP contribution in [0.15, 0.2) is 18.6 Å². The van der Waals surface area contributed by atoms with E-state index in [2.05, 4.69) is 31.2 Å². The molecule has 0 spiro atoms. The molecular weight excluding hydrogens is 597 g/mol. The van der Waals surface area contributed by atoms with E-state index >= 15 is 4.39 Å². The van der Waals surface area contributed by atoms with Gasteiger partial charge in [-0.15, -0.1) is 0 Å². The number of nitrogens with one attached hydrogen (secondary N) is 4. The summed E-state index contributed by atoms with van der Waals surface area (Å²) in [7, 11) is 0. The van der Waals surface area contributed by atoms with Crippen LogP contribution >= 0.6 is 0 Å². The highest BCUT2D eigenvalue weighted by atomic mass is 19.1. The minimum atomic E-state index is -1.20. The van der Waals surface area contributed by atoms with Gasteiger partial charge in [0.1, 0.15) is 30.0 Å². The van der Waals surface area contributed by atoms with Gasteiger partial charge in [-0.25, -0.2) is 9.37 Å². The lowest BCUT2D eigenvalue weighted by atomic mass is 9.92. The first-order chi connectivity index (χ1) is 21.8. The van der Waals surface area contributed by atoms with Crippen molar-refractivity contribution in [2.45, 2.75) is 110 Å². The van der Waals surface area contributed by atoms with Crippen molar-refractivity contribution in [2.75, 3.05) is 6.54 Å². The summed E-state index contributed by atoms with van der Waals surface area (Å²) in [5, 5.41) is 10.8. The largest absolute Gasteiger partial charge is 0.347 e. The number of halogens is 1. The summed E-state index contributed by atoms with van der Waals surface area (Å²) in [5.41, 5.74) is 0.0283. The van der Waals surface area contributed by atoms with Crippen molar-refractivity contribution in [3.05, 3.63) is 24.3 Å². The molecule has 1 aromatic rings. The Kier molecular flexibility index (Phi) is 11.4. The maximum absolute atomic E-state index is 15.0. The van der Waals surface area contributed by atoms with Crippen molar-refractivity contribution in [1.29, 1.82) is 0 Å². The van der Waals surface area contributed by atoms with Crippen LogP contribution in [0.5, 0.6) is 0 Å². The van der Waals surface area contributed by atoms with E-state index < -0.39 is 83.4 Å². The zero-order valence-electron chi connectivity index (χ0n) is 27.1. The van der Waals surface area contributed by atoms with Gasteiger partial charge in [0, 0.05) is 30.9 Å². The molecule has 0 radical (unpaired) electrons. The number of ketones is 1. The lowest BCUT2D eigenvalue weighted by molar-refractivity contribution is -0.145. The van der Waals surface area contributed by atoms with Gasteiger partial charge >= 0.3 is 0 Å². The molecule has 3 aliphatic rings. The molecule has 1 unspecified atom stereocenters. The summed E-state index contributed by atoms with van der Waals surface area (Å²) < 4.78 is 15.0. The van der Waals surface area contributed by atoms with Crippen molar-refractivity contribution in [3.63, 3.8) is 0 Å². The van der Waals surface area contributed by atoms with Gasteiger partial charge in [-0.05, 0) is 49.9 Å². The Morgan fingerprint density at radius 1 is 0.913 bits per heavy atom. The second-order valence-corrected chi connectivity index (χ2v) is 13.3. The average Bonchev–Trinajstić information content (AvgIpc) is 3.65. The fourth-order valence-corrected chi connectivity index (χ4v) is 6.38. The topological polar surface area (TPSA) is 180 Å². The summed E-state index contributed by atoms with van der Waals surface area (Å²) in [6.07, 6.45) is 5.83. The molecule has 0 bridgehead atoms. The number of Topliss-reactive ketones (excluding diaryl/α,β-unsaturated/α-hetero) is 1. The van der Waals surface area contributed by atoms with Gasteiger partial charge in [-0.3, -0.25) is 33.8 Å². The van der Waals surface area contributed by atoms with Crippen LogP contribution in [0.4, 0.5) is 4.39 Å². The maximum Gasteiger partial charge on any atom is 0.289 e. The van der Waals surface area contributed by atoms with Crippen LogP contribution in [0.25, 0.3) is 0 Å². The highest BCUT2D eigenvalue weighted by Crippen LogP contribution is 2.44. The Labute approximate surface area is 268 Å². The van der Waals surface area contributed by atoms with Crippen LogP contribution in [0.3, 0.4) is 0 Å². The molecule has 46 heavy (non-hydrogen) atoms. The van der Waals surface area contributed by atoms with Gasteiger partial charge in [0.15, 0.2) is 0 Å². The van der Waals surface area contributed by atoms with E-state index in [-0.39, 0.29) is 37.0 Å². The van der Waals surface area contributed by atoms with Crippen LogP contribution in [0, 0.1) is 23.7 Å². The summed E-state index contributed by atoms with van der Waals surface area (Å²) in [4.78, 5) is 89.0. The molecule has 1 aliphatic heterocycles. The molecule has 2 heterocycles. The third-order valence-electron chi connectivity index (χ3n) is 9.10. The molecule has 1 saturated heterocycles. The first-order valence-electron chi connectivity index (χ1n) is 16.3. The van der Waals surface area contributed by atoms with Crippen LogP contribution in [-0.2, 0) is 24.0 Å². The Hall–Kier alpha value is -3.97. The monoisotopic (exact) mass is 643 g/mol. The average molecular weight is 644 g/mol. The molecule has 2 aliphatic carbocycles. The second-order valence-electron chi connectivity index (χ2n) is 13.3. The lowest BCUT2D eigenvalue weighted by Crippen LogP contribution is -2.60. The lowest BCUT2D eigenvalue weighted by Gasteiger charge is -2.34. The standard InChI is InChI=1S/C32H46FN7O6/c1-6-7-22(27(41)31(45)36-18-8-9-18)37-30(44)26-19-10-11-21(33)20(19)15-40(26)32(46)25(17(4)5)39-29(43)24(16(2)3)38-28(42)23-14-34-12-13-35-23/h12-14,16-22,24-26H,6-11,15H2,1-5H3,(H,36,45)(H,37,44)(H,38,42)(H,39,43)/t19-,20-,21-,22?,24+,25-,26-/m0/s1.